The fraction of sp³-hybridized carbons (Fsp3) is 0.471. The second-order valence-corrected chi connectivity index (χ2v) is 6.08. The number of hydrogen-bond donors (Lipinski definition) is 2. The maximum atomic E-state index is 12.2. The van der Waals surface area contributed by atoms with Crippen molar-refractivity contribution in [2.75, 3.05) is 11.4 Å². The number of anilines is 1. The Morgan fingerprint density at radius 3 is 2.61 bits per heavy atom. The molecule has 23 heavy (non-hydrogen) atoms. The van der Waals surface area contributed by atoms with E-state index in [4.69, 9.17) is 5.11 Å². The molecule has 6 heteroatoms. The van der Waals surface area contributed by atoms with Crippen LogP contribution < -0.4 is 10.2 Å². The zero-order valence-electron chi connectivity index (χ0n) is 13.4. The van der Waals surface area contributed by atoms with Gasteiger partial charge in [-0.2, -0.15) is 0 Å². The predicted octanol–water partition coefficient (Wildman–Crippen LogP) is 1.72. The van der Waals surface area contributed by atoms with Gasteiger partial charge in [-0.1, -0.05) is 17.7 Å². The highest BCUT2D eigenvalue weighted by atomic mass is 16.4. The van der Waals surface area contributed by atoms with Crippen molar-refractivity contribution in [2.24, 2.45) is 5.92 Å². The van der Waals surface area contributed by atoms with Crippen molar-refractivity contribution in [1.82, 2.24) is 5.32 Å². The summed E-state index contributed by atoms with van der Waals surface area (Å²) in [5.74, 6) is -1.53. The highest BCUT2D eigenvalue weighted by Crippen LogP contribution is 2.25. The molecule has 2 amide bonds. The van der Waals surface area contributed by atoms with Crippen LogP contribution in [0.15, 0.2) is 24.3 Å². The number of nitrogens with zero attached hydrogens (tertiary/aromatic N) is 1. The highest BCUT2D eigenvalue weighted by Gasteiger charge is 2.35. The number of carbonyl (C=O) groups is 3. The molecular weight excluding hydrogens is 296 g/mol. The van der Waals surface area contributed by atoms with Crippen LogP contribution in [-0.4, -0.2) is 35.5 Å². The highest BCUT2D eigenvalue weighted by molar-refractivity contribution is 6.00. The SMILES string of the molecule is Cc1ccc(N2CC(C(=O)NC(C)CCC(=O)O)CC2=O)cc1. The number of carboxylic acid groups (broad SMARTS) is 1. The number of benzene rings is 1. The Hall–Kier alpha value is -2.37. The minimum atomic E-state index is -0.882. The lowest BCUT2D eigenvalue weighted by molar-refractivity contribution is -0.137. The molecule has 0 radical (unpaired) electrons. The van der Waals surface area contributed by atoms with Crippen LogP contribution in [0.4, 0.5) is 5.69 Å². The maximum absolute atomic E-state index is 12.2. The van der Waals surface area contributed by atoms with Gasteiger partial charge in [0.1, 0.15) is 0 Å². The summed E-state index contributed by atoms with van der Waals surface area (Å²) in [6.45, 7) is 4.11. The molecule has 0 aliphatic carbocycles. The normalized spacial score (nSPS) is 18.8. The van der Waals surface area contributed by atoms with Crippen LogP contribution in [-0.2, 0) is 14.4 Å². The van der Waals surface area contributed by atoms with Crippen LogP contribution in [0.3, 0.4) is 0 Å². The van der Waals surface area contributed by atoms with E-state index >= 15 is 0 Å². The van der Waals surface area contributed by atoms with Crippen LogP contribution in [0.5, 0.6) is 0 Å². The Morgan fingerprint density at radius 2 is 2.00 bits per heavy atom. The molecule has 2 unspecified atom stereocenters. The molecule has 1 aromatic rings. The smallest absolute Gasteiger partial charge is 0.303 e. The van der Waals surface area contributed by atoms with Gasteiger partial charge in [-0.15, -0.1) is 0 Å². The largest absolute Gasteiger partial charge is 0.481 e. The quantitative estimate of drug-likeness (QED) is 0.836. The first-order chi connectivity index (χ1) is 10.9. The molecule has 1 heterocycles. The van der Waals surface area contributed by atoms with E-state index in [0.29, 0.717) is 13.0 Å². The summed E-state index contributed by atoms with van der Waals surface area (Å²) in [6, 6.07) is 7.40. The summed E-state index contributed by atoms with van der Waals surface area (Å²) in [5.41, 5.74) is 1.91. The van der Waals surface area contributed by atoms with E-state index < -0.39 is 11.9 Å². The van der Waals surface area contributed by atoms with E-state index in [2.05, 4.69) is 5.32 Å². The van der Waals surface area contributed by atoms with E-state index in [9.17, 15) is 14.4 Å². The molecule has 0 aromatic heterocycles. The van der Waals surface area contributed by atoms with Crippen molar-refractivity contribution in [3.63, 3.8) is 0 Å². The first kappa shape index (κ1) is 17.0. The molecule has 6 nitrogen and oxygen atoms in total. The molecule has 1 aliphatic heterocycles. The van der Waals surface area contributed by atoms with Gasteiger partial charge in [-0.3, -0.25) is 14.4 Å². The minimum Gasteiger partial charge on any atom is -0.481 e. The Kier molecular flexibility index (Phi) is 5.36. The van der Waals surface area contributed by atoms with Gasteiger partial charge in [0.2, 0.25) is 11.8 Å². The van der Waals surface area contributed by atoms with Crippen LogP contribution in [0.2, 0.25) is 0 Å². The van der Waals surface area contributed by atoms with Gasteiger partial charge in [0.05, 0.1) is 5.92 Å². The van der Waals surface area contributed by atoms with Gasteiger partial charge in [0.15, 0.2) is 0 Å². The molecule has 2 atom stereocenters. The van der Waals surface area contributed by atoms with Crippen molar-refractivity contribution in [2.45, 2.75) is 39.2 Å². The molecule has 1 aliphatic rings. The number of carbonyl (C=O) groups excluding carboxylic acids is 2. The summed E-state index contributed by atoms with van der Waals surface area (Å²) in [7, 11) is 0. The zero-order valence-corrected chi connectivity index (χ0v) is 13.4. The number of rotatable bonds is 6. The lowest BCUT2D eigenvalue weighted by atomic mass is 10.1. The lowest BCUT2D eigenvalue weighted by Crippen LogP contribution is -2.38. The molecule has 1 saturated heterocycles. The second-order valence-electron chi connectivity index (χ2n) is 6.08. The topological polar surface area (TPSA) is 86.7 Å². The van der Waals surface area contributed by atoms with E-state index in [1.165, 1.54) is 0 Å². The summed E-state index contributed by atoms with van der Waals surface area (Å²) < 4.78 is 0. The van der Waals surface area contributed by atoms with Crippen molar-refractivity contribution in [3.8, 4) is 0 Å². The Labute approximate surface area is 135 Å². The van der Waals surface area contributed by atoms with Gasteiger partial charge in [0.25, 0.3) is 0 Å². The average molecular weight is 318 g/mol. The number of aryl methyl sites for hydroxylation is 1. The van der Waals surface area contributed by atoms with Crippen LogP contribution in [0, 0.1) is 12.8 Å². The number of amides is 2. The fourth-order valence-corrected chi connectivity index (χ4v) is 2.63. The zero-order chi connectivity index (χ0) is 17.0. The third-order valence-corrected chi connectivity index (χ3v) is 4.02. The summed E-state index contributed by atoms with van der Waals surface area (Å²) in [4.78, 5) is 36.6. The molecule has 2 N–H and O–H groups in total. The van der Waals surface area contributed by atoms with Gasteiger partial charge in [-0.25, -0.2) is 0 Å². The molecular formula is C17H22N2O4. The van der Waals surface area contributed by atoms with E-state index in [-0.39, 0.29) is 30.7 Å². The standard InChI is InChI=1S/C17H22N2O4/c1-11-3-6-14(7-4-11)19-10-13(9-15(19)20)17(23)18-12(2)5-8-16(21)22/h3-4,6-7,12-13H,5,8-10H2,1-2H3,(H,18,23)(H,21,22). The Balaban J connectivity index is 1.92. The number of carboxylic acids is 1. The molecule has 2 rings (SSSR count). The first-order valence-electron chi connectivity index (χ1n) is 7.76. The predicted molar refractivity (Wildman–Crippen MR) is 86.1 cm³/mol. The summed E-state index contributed by atoms with van der Waals surface area (Å²) >= 11 is 0. The monoisotopic (exact) mass is 318 g/mol. The molecule has 0 bridgehead atoms. The summed E-state index contributed by atoms with van der Waals surface area (Å²) in [5, 5.41) is 11.5. The lowest BCUT2D eigenvalue weighted by Gasteiger charge is -2.18. The van der Waals surface area contributed by atoms with Crippen molar-refractivity contribution >= 4 is 23.5 Å². The van der Waals surface area contributed by atoms with Gasteiger partial charge in [-0.05, 0) is 32.4 Å². The van der Waals surface area contributed by atoms with E-state index in [1.54, 1.807) is 11.8 Å². The van der Waals surface area contributed by atoms with E-state index in [1.807, 2.05) is 31.2 Å². The fourth-order valence-electron chi connectivity index (χ4n) is 2.63. The third kappa shape index (κ3) is 4.55. The molecule has 124 valence electrons. The maximum Gasteiger partial charge on any atom is 0.303 e. The van der Waals surface area contributed by atoms with Crippen molar-refractivity contribution in [3.05, 3.63) is 29.8 Å². The molecule has 0 saturated carbocycles. The van der Waals surface area contributed by atoms with Gasteiger partial charge >= 0.3 is 5.97 Å². The first-order valence-corrected chi connectivity index (χ1v) is 7.76. The van der Waals surface area contributed by atoms with Crippen LogP contribution in [0.25, 0.3) is 0 Å². The van der Waals surface area contributed by atoms with Gasteiger partial charge in [0, 0.05) is 31.1 Å². The minimum absolute atomic E-state index is 0.0144. The van der Waals surface area contributed by atoms with Crippen molar-refractivity contribution < 1.29 is 19.5 Å². The Morgan fingerprint density at radius 1 is 1.35 bits per heavy atom. The number of aliphatic carboxylic acids is 1. The molecule has 1 aromatic carbocycles. The Bertz CT molecular complexity index is 597. The van der Waals surface area contributed by atoms with Gasteiger partial charge < -0.3 is 15.3 Å². The summed E-state index contributed by atoms with van der Waals surface area (Å²) in [6.07, 6.45) is 0.579. The van der Waals surface area contributed by atoms with E-state index in [0.717, 1.165) is 11.3 Å². The third-order valence-electron chi connectivity index (χ3n) is 4.02. The number of nitrogens with one attached hydrogen (secondary N) is 1. The molecule has 0 spiro atoms. The van der Waals surface area contributed by atoms with Crippen LogP contribution >= 0.6 is 0 Å². The second kappa shape index (κ2) is 7.26. The number of hydrogen-bond acceptors (Lipinski definition) is 3. The van der Waals surface area contributed by atoms with Crippen LogP contribution in [0.1, 0.15) is 31.7 Å². The molecule has 1 fully saturated rings. The van der Waals surface area contributed by atoms with Crippen molar-refractivity contribution in [1.29, 1.82) is 0 Å². The average Bonchev–Trinajstić information content (AvgIpc) is 2.88.